The average Bonchev–Trinajstić information content (AvgIpc) is 3.27. The smallest absolute Gasteiger partial charge is 0.326 e. The molecule has 1 aromatic heterocycles. The number of nitrogens with two attached hydrogens (primary N) is 2. The van der Waals surface area contributed by atoms with E-state index in [0.29, 0.717) is 12.1 Å². The molecule has 0 aromatic carbocycles. The highest BCUT2D eigenvalue weighted by atomic mass is 16.4. The molecular weight excluding hydrogens is 458 g/mol. The highest BCUT2D eigenvalue weighted by Crippen LogP contribution is 2.12. The fraction of sp³-hybridized carbons (Fsp3) is 0.636. The summed E-state index contributed by atoms with van der Waals surface area (Å²) in [7, 11) is 0. The maximum Gasteiger partial charge on any atom is 0.326 e. The Morgan fingerprint density at radius 3 is 2.14 bits per heavy atom. The van der Waals surface area contributed by atoms with Crippen LogP contribution >= 0.6 is 0 Å². The van der Waals surface area contributed by atoms with Gasteiger partial charge in [-0.15, -0.1) is 0 Å². The molecule has 0 saturated carbocycles. The molecule has 13 nitrogen and oxygen atoms in total. The normalized spacial score (nSPS) is 15.4. The van der Waals surface area contributed by atoms with Crippen molar-refractivity contribution in [3.05, 3.63) is 18.2 Å². The molecular formula is C22H37N7O6. The molecule has 0 aliphatic rings. The molecule has 0 bridgehead atoms. The summed E-state index contributed by atoms with van der Waals surface area (Å²) in [5.74, 6) is -4.35. The van der Waals surface area contributed by atoms with Gasteiger partial charge in [0.05, 0.1) is 18.8 Å². The first-order valence-corrected chi connectivity index (χ1v) is 11.5. The molecule has 5 atom stereocenters. The van der Waals surface area contributed by atoms with Crippen molar-refractivity contribution in [1.82, 2.24) is 25.9 Å². The molecule has 1 rings (SSSR count). The SMILES string of the molecule is CCC(C)C(NC(=O)C(N)CC(N)=O)C(=O)NC(CC(C)C)C(=O)NC(Cc1cnc[nH]1)C(=O)O. The van der Waals surface area contributed by atoms with E-state index in [1.54, 1.807) is 6.92 Å². The zero-order chi connectivity index (χ0) is 26.7. The number of carboxylic acids is 1. The van der Waals surface area contributed by atoms with E-state index in [4.69, 9.17) is 11.5 Å². The molecule has 1 aromatic rings. The molecule has 35 heavy (non-hydrogen) atoms. The van der Waals surface area contributed by atoms with Crippen LogP contribution in [0.3, 0.4) is 0 Å². The van der Waals surface area contributed by atoms with Crippen LogP contribution in [0.1, 0.15) is 52.7 Å². The summed E-state index contributed by atoms with van der Waals surface area (Å²) >= 11 is 0. The molecule has 1 heterocycles. The summed E-state index contributed by atoms with van der Waals surface area (Å²) in [5, 5.41) is 17.2. The minimum absolute atomic E-state index is 0.0115. The second-order valence-corrected chi connectivity index (χ2v) is 9.02. The minimum Gasteiger partial charge on any atom is -0.480 e. The molecule has 0 aliphatic heterocycles. The van der Waals surface area contributed by atoms with E-state index >= 15 is 0 Å². The quantitative estimate of drug-likeness (QED) is 0.156. The molecule has 0 fully saturated rings. The Kier molecular flexibility index (Phi) is 11.9. The van der Waals surface area contributed by atoms with Gasteiger partial charge in [0.25, 0.3) is 0 Å². The van der Waals surface area contributed by atoms with Crippen LogP contribution in [-0.4, -0.2) is 68.8 Å². The third-order valence-electron chi connectivity index (χ3n) is 5.48. The summed E-state index contributed by atoms with van der Waals surface area (Å²) in [6.07, 6.45) is 3.21. The van der Waals surface area contributed by atoms with E-state index in [-0.39, 0.29) is 31.1 Å². The first-order chi connectivity index (χ1) is 16.3. The van der Waals surface area contributed by atoms with Crippen molar-refractivity contribution in [2.45, 2.75) is 77.5 Å². The van der Waals surface area contributed by atoms with Gasteiger partial charge in [-0.25, -0.2) is 9.78 Å². The summed E-state index contributed by atoms with van der Waals surface area (Å²) < 4.78 is 0. The fourth-order valence-electron chi connectivity index (χ4n) is 3.32. The standard InChI is InChI=1S/C22H37N7O6/c1-5-12(4)18(29-19(31)14(23)8-17(24)30)21(33)27-15(6-11(2)3)20(32)28-16(22(34)35)7-13-9-25-10-26-13/h9-12,14-16,18H,5-8,23H2,1-4H3,(H2,24,30)(H,25,26)(H,27,33)(H,28,32)(H,29,31)(H,34,35). The lowest BCUT2D eigenvalue weighted by molar-refractivity contribution is -0.142. The van der Waals surface area contributed by atoms with Crippen LogP contribution in [0.15, 0.2) is 12.5 Å². The third kappa shape index (κ3) is 10.1. The number of carbonyl (C=O) groups is 5. The number of aromatic amines is 1. The van der Waals surface area contributed by atoms with E-state index in [9.17, 15) is 29.1 Å². The number of aromatic nitrogens is 2. The zero-order valence-electron chi connectivity index (χ0n) is 20.5. The Bertz CT molecular complexity index is 874. The summed E-state index contributed by atoms with van der Waals surface area (Å²) in [6.45, 7) is 7.27. The van der Waals surface area contributed by atoms with Crippen LogP contribution in [0.4, 0.5) is 0 Å². The average molecular weight is 496 g/mol. The highest BCUT2D eigenvalue weighted by molar-refractivity contribution is 5.95. The summed E-state index contributed by atoms with van der Waals surface area (Å²) in [4.78, 5) is 67.9. The Balaban J connectivity index is 3.00. The molecule has 4 amide bonds. The second kappa shape index (κ2) is 14.0. The molecule has 0 radical (unpaired) electrons. The van der Waals surface area contributed by atoms with E-state index < -0.39 is 53.8 Å². The van der Waals surface area contributed by atoms with Crippen LogP contribution in [-0.2, 0) is 30.4 Å². The predicted molar refractivity (Wildman–Crippen MR) is 126 cm³/mol. The van der Waals surface area contributed by atoms with Crippen molar-refractivity contribution in [1.29, 1.82) is 0 Å². The molecule has 0 aliphatic carbocycles. The van der Waals surface area contributed by atoms with E-state index in [2.05, 4.69) is 25.9 Å². The lowest BCUT2D eigenvalue weighted by Gasteiger charge is -2.28. The second-order valence-electron chi connectivity index (χ2n) is 9.02. The summed E-state index contributed by atoms with van der Waals surface area (Å²) in [5.41, 5.74) is 11.3. The molecule has 9 N–H and O–H groups in total. The first-order valence-electron chi connectivity index (χ1n) is 11.5. The number of aliphatic carboxylic acids is 1. The van der Waals surface area contributed by atoms with Gasteiger partial charge in [0, 0.05) is 18.3 Å². The van der Waals surface area contributed by atoms with Gasteiger partial charge in [-0.3, -0.25) is 19.2 Å². The van der Waals surface area contributed by atoms with Crippen LogP contribution in [0.25, 0.3) is 0 Å². The van der Waals surface area contributed by atoms with E-state index in [1.807, 2.05) is 20.8 Å². The topological polar surface area (TPSA) is 222 Å². The van der Waals surface area contributed by atoms with Gasteiger partial charge in [-0.2, -0.15) is 0 Å². The van der Waals surface area contributed by atoms with Crippen molar-refractivity contribution in [3.63, 3.8) is 0 Å². The number of amides is 4. The number of H-pyrrole nitrogens is 1. The van der Waals surface area contributed by atoms with Crippen molar-refractivity contribution >= 4 is 29.6 Å². The van der Waals surface area contributed by atoms with Gasteiger partial charge < -0.3 is 37.5 Å². The fourth-order valence-corrected chi connectivity index (χ4v) is 3.32. The number of carboxylic acid groups (broad SMARTS) is 1. The lowest BCUT2D eigenvalue weighted by atomic mass is 9.96. The maximum atomic E-state index is 13.1. The lowest BCUT2D eigenvalue weighted by Crippen LogP contribution is -2.59. The third-order valence-corrected chi connectivity index (χ3v) is 5.48. The van der Waals surface area contributed by atoms with Gasteiger partial charge >= 0.3 is 5.97 Å². The minimum atomic E-state index is -1.24. The Labute approximate surface area is 204 Å². The number of carbonyl (C=O) groups excluding carboxylic acids is 4. The first kappa shape index (κ1) is 29.6. The molecule has 0 spiro atoms. The molecule has 0 saturated heterocycles. The van der Waals surface area contributed by atoms with Gasteiger partial charge in [-0.05, 0) is 18.3 Å². The Morgan fingerprint density at radius 2 is 1.66 bits per heavy atom. The molecule has 5 unspecified atom stereocenters. The van der Waals surface area contributed by atoms with E-state index in [0.717, 1.165) is 0 Å². The van der Waals surface area contributed by atoms with Crippen molar-refractivity contribution in [2.24, 2.45) is 23.3 Å². The molecule has 196 valence electrons. The monoisotopic (exact) mass is 495 g/mol. The van der Waals surface area contributed by atoms with Gasteiger partial charge in [-0.1, -0.05) is 34.1 Å². The largest absolute Gasteiger partial charge is 0.480 e. The van der Waals surface area contributed by atoms with Crippen LogP contribution in [0, 0.1) is 11.8 Å². The van der Waals surface area contributed by atoms with Gasteiger partial charge in [0.15, 0.2) is 0 Å². The number of nitrogens with zero attached hydrogens (tertiary/aromatic N) is 1. The number of imidazole rings is 1. The number of hydrogen-bond donors (Lipinski definition) is 7. The van der Waals surface area contributed by atoms with Crippen molar-refractivity contribution < 1.29 is 29.1 Å². The number of nitrogens with one attached hydrogen (secondary N) is 4. The van der Waals surface area contributed by atoms with E-state index in [1.165, 1.54) is 12.5 Å². The van der Waals surface area contributed by atoms with Gasteiger partial charge in [0.2, 0.25) is 23.6 Å². The number of hydrogen-bond acceptors (Lipinski definition) is 7. The zero-order valence-corrected chi connectivity index (χ0v) is 20.5. The highest BCUT2D eigenvalue weighted by Gasteiger charge is 2.33. The van der Waals surface area contributed by atoms with Crippen LogP contribution in [0.5, 0.6) is 0 Å². The number of primary amides is 1. The summed E-state index contributed by atoms with van der Waals surface area (Å²) in [6, 6.07) is -4.55. The van der Waals surface area contributed by atoms with Crippen molar-refractivity contribution in [2.75, 3.05) is 0 Å². The van der Waals surface area contributed by atoms with Crippen molar-refractivity contribution in [3.8, 4) is 0 Å². The number of rotatable bonds is 15. The Morgan fingerprint density at radius 1 is 1.03 bits per heavy atom. The maximum absolute atomic E-state index is 13.1. The van der Waals surface area contributed by atoms with Crippen LogP contribution in [0.2, 0.25) is 0 Å². The predicted octanol–water partition coefficient (Wildman–Crippen LogP) is -1.21. The Hall–Kier alpha value is -3.48. The van der Waals surface area contributed by atoms with Gasteiger partial charge in [0.1, 0.15) is 18.1 Å². The molecule has 13 heteroatoms. The van der Waals surface area contributed by atoms with Crippen LogP contribution < -0.4 is 27.4 Å².